The van der Waals surface area contributed by atoms with Crippen molar-refractivity contribution in [2.75, 3.05) is 6.54 Å². The zero-order chi connectivity index (χ0) is 18.7. The lowest BCUT2D eigenvalue weighted by Crippen LogP contribution is -2.38. The molecule has 2 aromatic rings. The summed E-state index contributed by atoms with van der Waals surface area (Å²) in [5, 5.41) is 2.84. The molecule has 0 radical (unpaired) electrons. The van der Waals surface area contributed by atoms with Crippen LogP contribution in [0.25, 0.3) is 0 Å². The van der Waals surface area contributed by atoms with E-state index in [1.54, 1.807) is 48.5 Å². The van der Waals surface area contributed by atoms with E-state index >= 15 is 0 Å². The van der Waals surface area contributed by atoms with Crippen LogP contribution in [-0.4, -0.2) is 26.9 Å². The lowest BCUT2D eigenvalue weighted by molar-refractivity contribution is 0.0950. The Kier molecular flexibility index (Phi) is 7.03. The largest absolute Gasteiger partial charge is 0.350 e. The van der Waals surface area contributed by atoms with Crippen LogP contribution in [0.3, 0.4) is 0 Å². The van der Waals surface area contributed by atoms with Gasteiger partial charge in [-0.2, -0.15) is 0 Å². The molecule has 1 amide bonds. The van der Waals surface area contributed by atoms with Crippen molar-refractivity contribution in [3.8, 4) is 0 Å². The maximum atomic E-state index is 12.5. The van der Waals surface area contributed by atoms with Crippen LogP contribution in [0.15, 0.2) is 53.4 Å². The number of halogens is 1. The Bertz CT molecular complexity index is 876. The van der Waals surface area contributed by atoms with Crippen molar-refractivity contribution in [2.24, 2.45) is 11.7 Å². The summed E-state index contributed by atoms with van der Waals surface area (Å²) in [4.78, 5) is 12.5. The Morgan fingerprint density at radius 1 is 1.11 bits per heavy atom. The molecule has 1 unspecified atom stereocenters. The predicted octanol–water partition coefficient (Wildman–Crippen LogP) is 2.86. The molecule has 3 N–H and O–H groups in total. The highest BCUT2D eigenvalue weighted by Gasteiger charge is 2.28. The first-order valence-electron chi connectivity index (χ1n) is 8.77. The highest BCUT2D eigenvalue weighted by molar-refractivity contribution is 7.90. The predicted molar refractivity (Wildman–Crippen MR) is 109 cm³/mol. The van der Waals surface area contributed by atoms with Crippen LogP contribution in [0.4, 0.5) is 0 Å². The summed E-state index contributed by atoms with van der Waals surface area (Å²) in [6, 6.07) is 13.5. The van der Waals surface area contributed by atoms with Gasteiger partial charge in [0, 0.05) is 18.2 Å². The lowest BCUT2D eigenvalue weighted by Gasteiger charge is -2.12. The molecule has 1 aliphatic carbocycles. The summed E-state index contributed by atoms with van der Waals surface area (Å²) in [6.45, 7) is 2.38. The van der Waals surface area contributed by atoms with E-state index in [9.17, 15) is 13.2 Å². The van der Waals surface area contributed by atoms with Crippen LogP contribution in [0.5, 0.6) is 0 Å². The number of aryl methyl sites for hydroxylation is 1. The third kappa shape index (κ3) is 5.79. The van der Waals surface area contributed by atoms with Crippen molar-refractivity contribution < 1.29 is 13.2 Å². The molecule has 0 spiro atoms. The fourth-order valence-electron chi connectivity index (χ4n) is 2.80. The topological polar surface area (TPSA) is 89.3 Å². The van der Waals surface area contributed by atoms with Gasteiger partial charge in [0.2, 0.25) is 0 Å². The number of nitrogens with two attached hydrogens (primary N) is 1. The number of carbonyl (C=O) groups excluding carboxylic acids is 1. The Morgan fingerprint density at radius 2 is 1.70 bits per heavy atom. The molecule has 0 bridgehead atoms. The lowest BCUT2D eigenvalue weighted by atomic mass is 10.1. The number of nitrogens with one attached hydrogen (secondary N) is 1. The monoisotopic (exact) mass is 408 g/mol. The maximum absolute atomic E-state index is 12.5. The second kappa shape index (κ2) is 8.87. The van der Waals surface area contributed by atoms with Gasteiger partial charge in [0.05, 0.1) is 10.6 Å². The van der Waals surface area contributed by atoms with E-state index in [1.165, 1.54) is 0 Å². The highest BCUT2D eigenvalue weighted by atomic mass is 35.5. The van der Waals surface area contributed by atoms with Crippen molar-refractivity contribution in [3.05, 3.63) is 65.2 Å². The van der Waals surface area contributed by atoms with Gasteiger partial charge >= 0.3 is 0 Å². The van der Waals surface area contributed by atoms with Crippen LogP contribution in [0, 0.1) is 12.8 Å². The van der Waals surface area contributed by atoms with E-state index in [0.717, 1.165) is 18.4 Å². The first-order chi connectivity index (χ1) is 12.3. The summed E-state index contributed by atoms with van der Waals surface area (Å²) >= 11 is 0. The molecule has 27 heavy (non-hydrogen) atoms. The fraction of sp³-hybridized carbons (Fsp3) is 0.350. The Morgan fingerprint density at radius 3 is 2.26 bits per heavy atom. The van der Waals surface area contributed by atoms with Gasteiger partial charge in [-0.25, -0.2) is 8.42 Å². The van der Waals surface area contributed by atoms with Gasteiger partial charge in [0.25, 0.3) is 5.91 Å². The van der Waals surface area contributed by atoms with Crippen LogP contribution in [-0.2, 0) is 15.6 Å². The van der Waals surface area contributed by atoms with E-state index in [2.05, 4.69) is 5.32 Å². The maximum Gasteiger partial charge on any atom is 0.251 e. The standard InChI is InChI=1S/C20H24N2O3S.ClH/c1-14-2-10-18(11-3-14)26(24,25)13-15-4-6-17(7-5-15)20(23)22-12-19(21)16-8-9-16;/h2-7,10-11,16,19H,8-9,12-13,21H2,1H3,(H,22,23);1H. The number of rotatable bonds is 7. The summed E-state index contributed by atoms with van der Waals surface area (Å²) in [5.41, 5.74) is 8.15. The van der Waals surface area contributed by atoms with Crippen molar-refractivity contribution in [1.82, 2.24) is 5.32 Å². The molecule has 146 valence electrons. The van der Waals surface area contributed by atoms with Crippen molar-refractivity contribution in [2.45, 2.75) is 36.5 Å². The third-order valence-corrected chi connectivity index (χ3v) is 6.38. The zero-order valence-corrected chi connectivity index (χ0v) is 16.9. The van der Waals surface area contributed by atoms with Crippen LogP contribution in [0.1, 0.15) is 34.3 Å². The number of hydrogen-bond donors (Lipinski definition) is 2. The number of carbonyl (C=O) groups is 1. The summed E-state index contributed by atoms with van der Waals surface area (Å²) in [5.74, 6) is 0.253. The molecule has 0 saturated heterocycles. The molecule has 3 rings (SSSR count). The molecule has 1 aliphatic rings. The number of amides is 1. The molecule has 0 aromatic heterocycles. The Labute approximate surface area is 166 Å². The van der Waals surface area contributed by atoms with Gasteiger partial charge in [-0.05, 0) is 55.5 Å². The first-order valence-corrected chi connectivity index (χ1v) is 10.4. The van der Waals surface area contributed by atoms with Gasteiger partial charge < -0.3 is 11.1 Å². The third-order valence-electron chi connectivity index (χ3n) is 4.68. The molecule has 0 heterocycles. The molecule has 1 fully saturated rings. The van der Waals surface area contributed by atoms with Crippen molar-refractivity contribution in [1.29, 1.82) is 0 Å². The van der Waals surface area contributed by atoms with Gasteiger partial charge in [-0.3, -0.25) is 4.79 Å². The van der Waals surface area contributed by atoms with E-state index in [-0.39, 0.29) is 30.1 Å². The van der Waals surface area contributed by atoms with Gasteiger partial charge in [0.1, 0.15) is 0 Å². The molecular weight excluding hydrogens is 384 g/mol. The fourth-order valence-corrected chi connectivity index (χ4v) is 4.15. The van der Waals surface area contributed by atoms with E-state index in [1.807, 2.05) is 6.92 Å². The second-order valence-corrected chi connectivity index (χ2v) is 8.97. The van der Waals surface area contributed by atoms with Gasteiger partial charge in [-0.15, -0.1) is 12.4 Å². The summed E-state index contributed by atoms with van der Waals surface area (Å²) in [7, 11) is -3.40. The molecule has 0 aliphatic heterocycles. The van der Waals surface area contributed by atoms with Crippen molar-refractivity contribution >= 4 is 28.2 Å². The molecular formula is C20H25ClN2O3S. The summed E-state index contributed by atoms with van der Waals surface area (Å²) < 4.78 is 25.0. The Balaban J connectivity index is 0.00000261. The number of hydrogen-bond acceptors (Lipinski definition) is 4. The van der Waals surface area contributed by atoms with Crippen molar-refractivity contribution in [3.63, 3.8) is 0 Å². The smallest absolute Gasteiger partial charge is 0.251 e. The van der Waals surface area contributed by atoms with E-state index < -0.39 is 9.84 Å². The minimum absolute atomic E-state index is 0. The minimum atomic E-state index is -3.40. The SMILES string of the molecule is Cc1ccc(S(=O)(=O)Cc2ccc(C(=O)NCC(N)C3CC3)cc2)cc1.Cl. The second-order valence-electron chi connectivity index (χ2n) is 6.98. The quantitative estimate of drug-likeness (QED) is 0.737. The highest BCUT2D eigenvalue weighted by Crippen LogP contribution is 2.31. The average molecular weight is 409 g/mol. The normalized spacial score (nSPS) is 14.9. The molecule has 1 atom stereocenters. The number of benzene rings is 2. The minimum Gasteiger partial charge on any atom is -0.350 e. The molecule has 1 saturated carbocycles. The molecule has 5 nitrogen and oxygen atoms in total. The van der Waals surface area contributed by atoms with E-state index in [4.69, 9.17) is 5.73 Å². The van der Waals surface area contributed by atoms with Gasteiger partial charge in [-0.1, -0.05) is 29.8 Å². The first kappa shape index (κ1) is 21.4. The van der Waals surface area contributed by atoms with E-state index in [0.29, 0.717) is 28.5 Å². The van der Waals surface area contributed by atoms with Crippen LogP contribution < -0.4 is 11.1 Å². The molecule has 2 aromatic carbocycles. The zero-order valence-electron chi connectivity index (χ0n) is 15.2. The number of sulfone groups is 1. The Hall–Kier alpha value is -1.89. The summed E-state index contributed by atoms with van der Waals surface area (Å²) in [6.07, 6.45) is 2.28. The van der Waals surface area contributed by atoms with Gasteiger partial charge in [0.15, 0.2) is 9.84 Å². The molecule has 7 heteroatoms. The average Bonchev–Trinajstić information content (AvgIpc) is 3.45. The van der Waals surface area contributed by atoms with Crippen LogP contribution in [0.2, 0.25) is 0 Å². The van der Waals surface area contributed by atoms with Crippen LogP contribution >= 0.6 is 12.4 Å².